The van der Waals surface area contributed by atoms with Crippen molar-refractivity contribution in [2.75, 3.05) is 39.3 Å². The molecule has 5 amide bonds. The van der Waals surface area contributed by atoms with Gasteiger partial charge in [-0.2, -0.15) is 5.10 Å². The number of ether oxygens (including phenoxy) is 1. The molecular formula is C31H41N7O9. The quantitative estimate of drug-likeness (QED) is 0.270. The zero-order valence-electron chi connectivity index (χ0n) is 26.7. The lowest BCUT2D eigenvalue weighted by Crippen LogP contribution is -2.55. The number of aromatic nitrogens is 2. The fourth-order valence-electron chi connectivity index (χ4n) is 5.44. The van der Waals surface area contributed by atoms with E-state index in [9.17, 15) is 39.0 Å². The van der Waals surface area contributed by atoms with Gasteiger partial charge in [0.05, 0.1) is 5.69 Å². The number of nitrogens with zero attached hydrogens (tertiary/aromatic N) is 5. The lowest BCUT2D eigenvalue weighted by atomic mass is 10.1. The van der Waals surface area contributed by atoms with Gasteiger partial charge in [-0.3, -0.25) is 24.0 Å². The number of rotatable bonds is 11. The van der Waals surface area contributed by atoms with Crippen LogP contribution in [-0.4, -0.2) is 127 Å². The van der Waals surface area contributed by atoms with Crippen LogP contribution in [-0.2, 0) is 19.2 Å². The molecule has 2 aliphatic heterocycles. The first-order valence-electron chi connectivity index (χ1n) is 15.4. The van der Waals surface area contributed by atoms with E-state index in [-0.39, 0.29) is 50.1 Å². The maximum absolute atomic E-state index is 13.4. The van der Waals surface area contributed by atoms with Crippen LogP contribution in [0.1, 0.15) is 56.9 Å². The molecule has 2 fully saturated rings. The van der Waals surface area contributed by atoms with Gasteiger partial charge in [-0.25, -0.2) is 9.48 Å². The third kappa shape index (κ3) is 9.20. The van der Waals surface area contributed by atoms with E-state index in [0.717, 1.165) is 0 Å². The minimum atomic E-state index is -1.21. The van der Waals surface area contributed by atoms with E-state index in [4.69, 9.17) is 4.74 Å². The molecule has 1 aromatic heterocycles. The number of likely N-dealkylation sites (tertiary alicyclic amines) is 1. The molecule has 0 spiro atoms. The van der Waals surface area contributed by atoms with Crippen LogP contribution in [0.5, 0.6) is 5.88 Å². The molecule has 0 saturated carbocycles. The number of carboxylic acids is 1. The molecule has 0 bridgehead atoms. The number of benzene rings is 1. The first kappa shape index (κ1) is 34.7. The summed E-state index contributed by atoms with van der Waals surface area (Å²) >= 11 is 0. The van der Waals surface area contributed by atoms with Gasteiger partial charge in [-0.05, 0) is 52.2 Å². The molecule has 0 radical (unpaired) electrons. The van der Waals surface area contributed by atoms with Gasteiger partial charge in [0.2, 0.25) is 17.7 Å². The van der Waals surface area contributed by atoms with Crippen LogP contribution in [0, 0.1) is 0 Å². The maximum Gasteiger partial charge on any atom is 0.407 e. The Bertz CT molecular complexity index is 1480. The summed E-state index contributed by atoms with van der Waals surface area (Å²) in [5.41, 5.74) is -0.0903. The van der Waals surface area contributed by atoms with Crippen LogP contribution in [0.3, 0.4) is 0 Å². The number of nitrogens with one attached hydrogen (secondary N) is 2. The van der Waals surface area contributed by atoms with Crippen molar-refractivity contribution in [2.45, 2.75) is 64.1 Å². The second-order valence-electron chi connectivity index (χ2n) is 12.4. The van der Waals surface area contributed by atoms with Crippen molar-refractivity contribution in [1.29, 1.82) is 0 Å². The van der Waals surface area contributed by atoms with E-state index < -0.39 is 60.4 Å². The molecule has 16 heteroatoms. The Balaban J connectivity index is 1.50. The van der Waals surface area contributed by atoms with Gasteiger partial charge in [0.1, 0.15) is 12.1 Å². The minimum absolute atomic E-state index is 0.0581. The standard InChI is InChI=1S/C31H41N7O9/c1-31(2,3)33-28(43)23-10-7-13-37(23)24(39)19-47-25-18-22(34-38(25)20-8-5-4-6-9-20)27(42)32-21(11-12-26(40)41)29(44)35-14-16-36(17-15-35)30(45)46/h4-6,8-9,18,21,23H,7,10-17,19H2,1-3H3,(H,32,42)(H,33,43)(H,40,41)(H,45,46). The summed E-state index contributed by atoms with van der Waals surface area (Å²) in [5.74, 6) is -3.06. The molecule has 16 nitrogen and oxygen atoms in total. The first-order valence-corrected chi connectivity index (χ1v) is 15.4. The topological polar surface area (TPSA) is 204 Å². The van der Waals surface area contributed by atoms with Gasteiger partial charge >= 0.3 is 12.1 Å². The molecule has 0 aliphatic carbocycles. The second kappa shape index (κ2) is 15.0. The van der Waals surface area contributed by atoms with Crippen molar-refractivity contribution in [1.82, 2.24) is 35.1 Å². The molecule has 2 aromatic rings. The number of hydrogen-bond donors (Lipinski definition) is 4. The van der Waals surface area contributed by atoms with Crippen LogP contribution in [0.15, 0.2) is 36.4 Å². The molecule has 2 aliphatic rings. The van der Waals surface area contributed by atoms with Crippen molar-refractivity contribution >= 4 is 35.7 Å². The van der Waals surface area contributed by atoms with Gasteiger partial charge in [-0.15, -0.1) is 0 Å². The van der Waals surface area contributed by atoms with E-state index in [1.54, 1.807) is 30.3 Å². The van der Waals surface area contributed by atoms with E-state index >= 15 is 0 Å². The van der Waals surface area contributed by atoms with Gasteiger partial charge in [0.15, 0.2) is 12.3 Å². The Kier molecular flexibility index (Phi) is 11.1. The molecule has 2 saturated heterocycles. The highest BCUT2D eigenvalue weighted by Crippen LogP contribution is 2.22. The zero-order valence-corrected chi connectivity index (χ0v) is 26.7. The van der Waals surface area contributed by atoms with Crippen LogP contribution >= 0.6 is 0 Å². The van der Waals surface area contributed by atoms with Crippen molar-refractivity contribution < 1.29 is 43.7 Å². The number of carbonyl (C=O) groups is 6. The predicted molar refractivity (Wildman–Crippen MR) is 166 cm³/mol. The maximum atomic E-state index is 13.4. The van der Waals surface area contributed by atoms with Crippen molar-refractivity contribution in [3.05, 3.63) is 42.1 Å². The summed E-state index contributed by atoms with van der Waals surface area (Å²) in [4.78, 5) is 79.5. The van der Waals surface area contributed by atoms with Gasteiger partial charge in [0.25, 0.3) is 11.8 Å². The number of aliphatic carboxylic acids is 1. The Morgan fingerprint density at radius 2 is 1.64 bits per heavy atom. The Labute approximate surface area is 271 Å². The lowest BCUT2D eigenvalue weighted by molar-refractivity contribution is -0.140. The van der Waals surface area contributed by atoms with Crippen LogP contribution in [0.25, 0.3) is 5.69 Å². The summed E-state index contributed by atoms with van der Waals surface area (Å²) in [6.07, 6.45) is -0.510. The molecule has 2 unspecified atom stereocenters. The Hall–Kier alpha value is -5.15. The molecule has 1 aromatic carbocycles. The van der Waals surface area contributed by atoms with Crippen molar-refractivity contribution in [2.24, 2.45) is 0 Å². The third-order valence-corrected chi connectivity index (χ3v) is 7.74. The largest absolute Gasteiger partial charge is 0.481 e. The Morgan fingerprint density at radius 3 is 2.26 bits per heavy atom. The van der Waals surface area contributed by atoms with E-state index in [1.165, 1.54) is 25.4 Å². The van der Waals surface area contributed by atoms with Gasteiger partial charge in [-0.1, -0.05) is 18.2 Å². The Morgan fingerprint density at radius 1 is 0.979 bits per heavy atom. The van der Waals surface area contributed by atoms with E-state index in [0.29, 0.717) is 25.1 Å². The van der Waals surface area contributed by atoms with Crippen LogP contribution in [0.4, 0.5) is 4.79 Å². The molecule has 254 valence electrons. The number of carboxylic acid groups (broad SMARTS) is 2. The third-order valence-electron chi connectivity index (χ3n) is 7.74. The van der Waals surface area contributed by atoms with E-state index in [1.807, 2.05) is 20.8 Å². The average molecular weight is 656 g/mol. The molecule has 4 N–H and O–H groups in total. The smallest absolute Gasteiger partial charge is 0.407 e. The number of amides is 5. The number of carbonyl (C=O) groups excluding carboxylic acids is 4. The van der Waals surface area contributed by atoms with Gasteiger partial charge in [0, 0.05) is 50.7 Å². The highest BCUT2D eigenvalue weighted by Gasteiger charge is 2.36. The van der Waals surface area contributed by atoms with Crippen molar-refractivity contribution in [3.63, 3.8) is 0 Å². The molecule has 47 heavy (non-hydrogen) atoms. The highest BCUT2D eigenvalue weighted by atomic mass is 16.5. The molecule has 4 rings (SSSR count). The zero-order chi connectivity index (χ0) is 34.3. The summed E-state index contributed by atoms with van der Waals surface area (Å²) < 4.78 is 7.20. The fraction of sp³-hybridized carbons (Fsp3) is 0.516. The van der Waals surface area contributed by atoms with Crippen LogP contribution < -0.4 is 15.4 Å². The summed E-state index contributed by atoms with van der Waals surface area (Å²) in [6.45, 7) is 5.90. The number of piperazine rings is 1. The fourth-order valence-corrected chi connectivity index (χ4v) is 5.44. The monoisotopic (exact) mass is 655 g/mol. The molecule has 3 heterocycles. The van der Waals surface area contributed by atoms with Gasteiger partial charge < -0.3 is 40.3 Å². The van der Waals surface area contributed by atoms with E-state index in [2.05, 4.69) is 15.7 Å². The lowest BCUT2D eigenvalue weighted by Gasteiger charge is -2.35. The number of para-hydroxylation sites is 1. The number of hydrogen-bond acceptors (Lipinski definition) is 8. The highest BCUT2D eigenvalue weighted by molar-refractivity contribution is 5.96. The normalized spacial score (nSPS) is 17.2. The molecule has 2 atom stereocenters. The van der Waals surface area contributed by atoms with Crippen LogP contribution in [0.2, 0.25) is 0 Å². The minimum Gasteiger partial charge on any atom is -0.481 e. The first-order chi connectivity index (χ1) is 22.2. The second-order valence-corrected chi connectivity index (χ2v) is 12.4. The average Bonchev–Trinajstić information content (AvgIpc) is 3.69. The summed E-state index contributed by atoms with van der Waals surface area (Å²) in [7, 11) is 0. The summed E-state index contributed by atoms with van der Waals surface area (Å²) in [5, 5.41) is 28.3. The molecular weight excluding hydrogens is 614 g/mol. The van der Waals surface area contributed by atoms with Crippen molar-refractivity contribution in [3.8, 4) is 11.6 Å². The SMILES string of the molecule is CC(C)(C)NC(=O)C1CCCN1C(=O)COc1cc(C(=O)NC(CCC(=O)O)C(=O)N2CCN(C(=O)O)CC2)nn1-c1ccccc1. The summed E-state index contributed by atoms with van der Waals surface area (Å²) in [6, 6.07) is 8.19. The predicted octanol–water partition coefficient (Wildman–Crippen LogP) is 0.942.